The fraction of sp³-hybridized carbons (Fsp3) is 0.133. The summed E-state index contributed by atoms with van der Waals surface area (Å²) in [5.41, 5.74) is 5.48. The number of anilines is 3. The Bertz CT molecular complexity index is 1350. The lowest BCUT2D eigenvalue weighted by molar-refractivity contribution is -0.115. The Hall–Kier alpha value is -4.03. The van der Waals surface area contributed by atoms with Crippen molar-refractivity contribution in [2.75, 3.05) is 23.1 Å². The van der Waals surface area contributed by atoms with Crippen molar-refractivity contribution in [1.29, 1.82) is 0 Å². The molecule has 36 heavy (non-hydrogen) atoms. The fourth-order valence-corrected chi connectivity index (χ4v) is 5.17. The predicted octanol–water partition coefficient (Wildman–Crippen LogP) is 6.50. The van der Waals surface area contributed by atoms with Crippen LogP contribution in [0.2, 0.25) is 0 Å². The Morgan fingerprint density at radius 2 is 1.47 bits per heavy atom. The number of para-hydroxylation sites is 2. The van der Waals surface area contributed by atoms with E-state index in [0.717, 1.165) is 29.1 Å². The van der Waals surface area contributed by atoms with E-state index in [-0.39, 0.29) is 17.6 Å². The number of amides is 2. The molecule has 0 saturated carbocycles. The highest BCUT2D eigenvalue weighted by Crippen LogP contribution is 2.37. The molecule has 0 fully saturated rings. The van der Waals surface area contributed by atoms with E-state index in [1.807, 2.05) is 65.6 Å². The molecule has 0 saturated heterocycles. The number of benzene rings is 4. The number of hydrogen-bond acceptors (Lipinski definition) is 4. The fourth-order valence-electron chi connectivity index (χ4n) is 4.37. The van der Waals surface area contributed by atoms with Crippen LogP contribution in [0, 0.1) is 0 Å². The lowest BCUT2D eigenvalue weighted by Gasteiger charge is -2.25. The first-order valence-electron chi connectivity index (χ1n) is 11.8. The number of rotatable bonds is 6. The van der Waals surface area contributed by atoms with Crippen molar-refractivity contribution in [3.05, 3.63) is 114 Å². The molecule has 0 spiro atoms. The molecule has 1 aliphatic heterocycles. The van der Waals surface area contributed by atoms with E-state index in [1.165, 1.54) is 22.9 Å². The molecule has 2 amide bonds. The summed E-state index contributed by atoms with van der Waals surface area (Å²) in [5, 5.41) is 2.93. The average Bonchev–Trinajstić information content (AvgIpc) is 3.09. The van der Waals surface area contributed by atoms with Gasteiger partial charge in [-0.3, -0.25) is 14.5 Å². The molecule has 0 unspecified atom stereocenters. The maximum Gasteiger partial charge on any atom is 0.255 e. The van der Waals surface area contributed by atoms with Crippen LogP contribution in [0.3, 0.4) is 0 Å². The van der Waals surface area contributed by atoms with Crippen molar-refractivity contribution in [3.63, 3.8) is 0 Å². The molecule has 5 rings (SSSR count). The van der Waals surface area contributed by atoms with Crippen LogP contribution in [0.4, 0.5) is 17.1 Å². The van der Waals surface area contributed by atoms with Gasteiger partial charge >= 0.3 is 0 Å². The number of hydrogen-bond donors (Lipinski definition) is 1. The number of thioether (sulfide) groups is 1. The number of ether oxygens (including phenoxy) is 1. The Labute approximate surface area is 215 Å². The molecular weight excluding hydrogens is 468 g/mol. The van der Waals surface area contributed by atoms with Crippen molar-refractivity contribution in [1.82, 2.24) is 0 Å². The van der Waals surface area contributed by atoms with Crippen LogP contribution in [-0.4, -0.2) is 24.7 Å². The standard InChI is InChI=1S/C30H26N2O3S/c1-35-25-17-15-23(16-18-25)30(34)31-24-9-6-10-26(19-24)36-20-29(33)32-27-11-4-2-7-21(27)13-14-22-8-3-5-12-28(22)32/h2-12,15-19H,13-14,20H2,1H3,(H,31,34). The molecule has 1 heterocycles. The number of nitrogens with zero attached hydrogens (tertiary/aromatic N) is 1. The highest BCUT2D eigenvalue weighted by molar-refractivity contribution is 8.00. The summed E-state index contributed by atoms with van der Waals surface area (Å²) >= 11 is 1.46. The molecule has 0 atom stereocenters. The molecule has 0 aliphatic carbocycles. The quantitative estimate of drug-likeness (QED) is 0.311. The number of aryl methyl sites for hydroxylation is 2. The van der Waals surface area contributed by atoms with Gasteiger partial charge in [0.25, 0.3) is 5.91 Å². The molecule has 4 aromatic carbocycles. The number of nitrogens with one attached hydrogen (secondary N) is 1. The minimum Gasteiger partial charge on any atom is -0.497 e. The van der Waals surface area contributed by atoms with E-state index in [4.69, 9.17) is 4.74 Å². The van der Waals surface area contributed by atoms with Gasteiger partial charge in [-0.25, -0.2) is 0 Å². The summed E-state index contributed by atoms with van der Waals surface area (Å²) in [6.07, 6.45) is 1.81. The molecule has 4 aromatic rings. The zero-order chi connectivity index (χ0) is 24.9. The Morgan fingerprint density at radius 1 is 0.833 bits per heavy atom. The zero-order valence-electron chi connectivity index (χ0n) is 19.9. The summed E-state index contributed by atoms with van der Waals surface area (Å²) in [7, 11) is 1.59. The van der Waals surface area contributed by atoms with Crippen LogP contribution in [0.25, 0.3) is 0 Å². The third kappa shape index (κ3) is 5.14. The minimum atomic E-state index is -0.200. The van der Waals surface area contributed by atoms with E-state index in [1.54, 1.807) is 31.4 Å². The molecule has 180 valence electrons. The Morgan fingerprint density at radius 3 is 2.11 bits per heavy atom. The van der Waals surface area contributed by atoms with Crippen molar-refractivity contribution in [2.45, 2.75) is 17.7 Å². The van der Waals surface area contributed by atoms with Gasteiger partial charge in [0, 0.05) is 16.1 Å². The molecule has 0 radical (unpaired) electrons. The van der Waals surface area contributed by atoms with Crippen LogP contribution >= 0.6 is 11.8 Å². The van der Waals surface area contributed by atoms with Crippen molar-refractivity contribution in [3.8, 4) is 5.75 Å². The number of fused-ring (bicyclic) bond motifs is 2. The van der Waals surface area contributed by atoms with Crippen molar-refractivity contribution >= 4 is 40.6 Å². The first-order valence-corrected chi connectivity index (χ1v) is 12.8. The Balaban J connectivity index is 1.31. The van der Waals surface area contributed by atoms with Crippen LogP contribution in [-0.2, 0) is 17.6 Å². The molecule has 5 nitrogen and oxygen atoms in total. The summed E-state index contributed by atoms with van der Waals surface area (Å²) in [4.78, 5) is 29.0. The minimum absolute atomic E-state index is 0.0227. The predicted molar refractivity (Wildman–Crippen MR) is 146 cm³/mol. The molecular formula is C30H26N2O3S. The molecule has 6 heteroatoms. The highest BCUT2D eigenvalue weighted by atomic mass is 32.2. The number of methoxy groups -OCH3 is 1. The molecule has 1 N–H and O–H groups in total. The highest BCUT2D eigenvalue weighted by Gasteiger charge is 2.25. The van der Waals surface area contributed by atoms with Gasteiger partial charge in [-0.1, -0.05) is 42.5 Å². The second-order valence-corrected chi connectivity index (χ2v) is 9.53. The zero-order valence-corrected chi connectivity index (χ0v) is 20.8. The lowest BCUT2D eigenvalue weighted by Crippen LogP contribution is -2.28. The van der Waals surface area contributed by atoms with E-state index in [9.17, 15) is 9.59 Å². The normalized spacial score (nSPS) is 12.2. The third-order valence-corrected chi connectivity index (χ3v) is 7.16. The smallest absolute Gasteiger partial charge is 0.255 e. The van der Waals surface area contributed by atoms with E-state index >= 15 is 0 Å². The largest absolute Gasteiger partial charge is 0.497 e. The van der Waals surface area contributed by atoms with E-state index in [0.29, 0.717) is 17.0 Å². The third-order valence-electron chi connectivity index (χ3n) is 6.18. The van der Waals surface area contributed by atoms with Crippen molar-refractivity contribution in [2.24, 2.45) is 0 Å². The molecule has 0 aromatic heterocycles. The van der Waals surface area contributed by atoms with Gasteiger partial charge in [-0.15, -0.1) is 11.8 Å². The molecule has 0 bridgehead atoms. The van der Waals surface area contributed by atoms with E-state index in [2.05, 4.69) is 17.4 Å². The van der Waals surface area contributed by atoms with E-state index < -0.39 is 0 Å². The summed E-state index contributed by atoms with van der Waals surface area (Å²) in [6.45, 7) is 0. The second kappa shape index (κ2) is 10.7. The van der Waals surface area contributed by atoms with Gasteiger partial charge in [0.2, 0.25) is 5.91 Å². The van der Waals surface area contributed by atoms with Gasteiger partial charge in [0.05, 0.1) is 24.2 Å². The second-order valence-electron chi connectivity index (χ2n) is 8.49. The summed E-state index contributed by atoms with van der Waals surface area (Å²) < 4.78 is 5.15. The van der Waals surface area contributed by atoms with Crippen LogP contribution < -0.4 is 15.0 Å². The summed E-state index contributed by atoms with van der Waals surface area (Å²) in [5.74, 6) is 0.797. The van der Waals surface area contributed by atoms with Gasteiger partial charge in [0.1, 0.15) is 5.75 Å². The van der Waals surface area contributed by atoms with Crippen LogP contribution in [0.15, 0.2) is 102 Å². The van der Waals surface area contributed by atoms with Gasteiger partial charge in [0.15, 0.2) is 0 Å². The topological polar surface area (TPSA) is 58.6 Å². The van der Waals surface area contributed by atoms with Gasteiger partial charge in [-0.2, -0.15) is 0 Å². The van der Waals surface area contributed by atoms with Gasteiger partial charge < -0.3 is 10.1 Å². The maximum atomic E-state index is 13.6. The Kier molecular flexibility index (Phi) is 7.05. The SMILES string of the molecule is COc1ccc(C(=O)Nc2cccc(SCC(=O)N3c4ccccc4CCc4ccccc43)c2)cc1. The first-order chi connectivity index (χ1) is 17.6. The van der Waals surface area contributed by atoms with Crippen LogP contribution in [0.1, 0.15) is 21.5 Å². The number of carbonyl (C=O) groups is 2. The number of carbonyl (C=O) groups excluding carboxylic acids is 2. The van der Waals surface area contributed by atoms with Crippen molar-refractivity contribution < 1.29 is 14.3 Å². The lowest BCUT2D eigenvalue weighted by atomic mass is 10.0. The average molecular weight is 495 g/mol. The maximum absolute atomic E-state index is 13.6. The first kappa shape index (κ1) is 23.7. The van der Waals surface area contributed by atoms with Gasteiger partial charge in [-0.05, 0) is 78.6 Å². The monoisotopic (exact) mass is 494 g/mol. The van der Waals surface area contributed by atoms with Crippen LogP contribution in [0.5, 0.6) is 5.75 Å². The summed E-state index contributed by atoms with van der Waals surface area (Å²) in [6, 6.07) is 30.8. The molecule has 1 aliphatic rings.